The molecule has 10 rings (SSSR count). The van der Waals surface area contributed by atoms with E-state index in [1.54, 1.807) is 0 Å². The Labute approximate surface area is 312 Å². The number of aromatic nitrogens is 3. The van der Waals surface area contributed by atoms with E-state index in [1.807, 2.05) is 72.8 Å². The molecular weight excluding hydrogens is 661 g/mol. The molecule has 0 saturated carbocycles. The Morgan fingerprint density at radius 1 is 0.352 bits per heavy atom. The highest BCUT2D eigenvalue weighted by Gasteiger charge is 2.23. The van der Waals surface area contributed by atoms with E-state index in [0.717, 1.165) is 77.6 Å². The highest BCUT2D eigenvalue weighted by Crippen LogP contribution is 2.44. The van der Waals surface area contributed by atoms with E-state index in [-0.39, 0.29) is 0 Å². The summed E-state index contributed by atoms with van der Waals surface area (Å²) in [6.45, 7) is 0. The van der Waals surface area contributed by atoms with Crippen molar-refractivity contribution in [1.82, 2.24) is 15.0 Å². The zero-order valence-corrected chi connectivity index (χ0v) is 29.2. The van der Waals surface area contributed by atoms with Crippen molar-refractivity contribution in [2.24, 2.45) is 0 Å². The first kappa shape index (κ1) is 31.4. The summed E-state index contributed by atoms with van der Waals surface area (Å²) in [7, 11) is 0. The van der Waals surface area contributed by atoms with Gasteiger partial charge in [-0.2, -0.15) is 0 Å². The van der Waals surface area contributed by atoms with E-state index in [0.29, 0.717) is 17.5 Å². The zero-order valence-electron chi connectivity index (χ0n) is 29.2. The maximum Gasteiger partial charge on any atom is 0.167 e. The fourth-order valence-corrected chi connectivity index (χ4v) is 7.25. The average molecular weight is 693 g/mol. The summed E-state index contributed by atoms with van der Waals surface area (Å²) in [4.78, 5) is 17.6. The Hall–Kier alpha value is -7.37. The van der Waals surface area contributed by atoms with Crippen LogP contribution < -0.4 is 4.90 Å². The molecule has 0 radical (unpaired) electrons. The van der Waals surface area contributed by atoms with Gasteiger partial charge in [-0.3, -0.25) is 0 Å². The Morgan fingerprint density at radius 2 is 0.870 bits per heavy atom. The molecule has 0 aliphatic rings. The lowest BCUT2D eigenvalue weighted by molar-refractivity contribution is 0.670. The number of fused-ring (bicyclic) bond motifs is 4. The van der Waals surface area contributed by atoms with E-state index in [9.17, 15) is 0 Å². The Bertz CT molecular complexity index is 2870. The van der Waals surface area contributed by atoms with Crippen LogP contribution in [0, 0.1) is 0 Å². The molecule has 10 aromatic rings. The predicted octanol–water partition coefficient (Wildman–Crippen LogP) is 13.1. The van der Waals surface area contributed by atoms with Crippen LogP contribution >= 0.6 is 0 Å². The minimum Gasteiger partial charge on any atom is -0.455 e. The maximum atomic E-state index is 6.84. The highest BCUT2D eigenvalue weighted by atomic mass is 16.3. The molecule has 0 aliphatic heterocycles. The number of rotatable bonds is 7. The minimum atomic E-state index is 0.532. The summed E-state index contributed by atoms with van der Waals surface area (Å²) < 4.78 is 6.84. The molecule has 5 nitrogen and oxygen atoms in total. The van der Waals surface area contributed by atoms with Gasteiger partial charge in [0.1, 0.15) is 11.2 Å². The van der Waals surface area contributed by atoms with Crippen molar-refractivity contribution in [2.75, 3.05) is 4.90 Å². The van der Waals surface area contributed by atoms with Gasteiger partial charge in [-0.15, -0.1) is 0 Å². The summed E-state index contributed by atoms with van der Waals surface area (Å²) >= 11 is 0. The minimum absolute atomic E-state index is 0.532. The third-order valence-electron chi connectivity index (χ3n) is 9.85. The second-order valence-electron chi connectivity index (χ2n) is 13.3. The van der Waals surface area contributed by atoms with Crippen molar-refractivity contribution in [1.29, 1.82) is 0 Å². The van der Waals surface area contributed by atoms with Gasteiger partial charge in [-0.25, -0.2) is 15.0 Å². The largest absolute Gasteiger partial charge is 0.455 e. The molecule has 0 N–H and O–H groups in total. The summed E-state index contributed by atoms with van der Waals surface area (Å²) in [6.07, 6.45) is 0. The Morgan fingerprint density at radius 3 is 1.52 bits per heavy atom. The third kappa shape index (κ3) is 5.74. The molecular formula is C49H32N4O. The first-order chi connectivity index (χ1) is 26.7. The Balaban J connectivity index is 1.28. The van der Waals surface area contributed by atoms with Gasteiger partial charge in [0.25, 0.3) is 0 Å². The number of anilines is 3. The third-order valence-corrected chi connectivity index (χ3v) is 9.85. The number of para-hydroxylation sites is 1. The van der Waals surface area contributed by atoms with Gasteiger partial charge in [0.15, 0.2) is 17.5 Å². The van der Waals surface area contributed by atoms with Crippen molar-refractivity contribution in [3.05, 3.63) is 194 Å². The van der Waals surface area contributed by atoms with Crippen LogP contribution in [0.4, 0.5) is 17.1 Å². The van der Waals surface area contributed by atoms with E-state index in [1.165, 1.54) is 0 Å². The number of nitrogens with zero attached hydrogens (tertiary/aromatic N) is 4. The Kier molecular flexibility index (Phi) is 7.73. The molecule has 0 fully saturated rings. The van der Waals surface area contributed by atoms with E-state index >= 15 is 0 Å². The van der Waals surface area contributed by atoms with Crippen molar-refractivity contribution in [3.8, 4) is 45.3 Å². The number of furan rings is 1. The van der Waals surface area contributed by atoms with Crippen molar-refractivity contribution < 1.29 is 4.42 Å². The summed E-state index contributed by atoms with van der Waals surface area (Å²) in [5, 5.41) is 4.27. The molecule has 0 bridgehead atoms. The molecule has 0 aliphatic carbocycles. The number of benzene rings is 8. The molecule has 0 saturated heterocycles. The molecule has 8 aromatic carbocycles. The first-order valence-corrected chi connectivity index (χ1v) is 18.0. The van der Waals surface area contributed by atoms with Gasteiger partial charge in [0.05, 0.1) is 5.56 Å². The van der Waals surface area contributed by atoms with Gasteiger partial charge < -0.3 is 9.32 Å². The van der Waals surface area contributed by atoms with E-state index in [2.05, 4.69) is 126 Å². The van der Waals surface area contributed by atoms with Crippen LogP contribution in [0.3, 0.4) is 0 Å². The molecule has 2 heterocycles. The molecule has 0 spiro atoms. The van der Waals surface area contributed by atoms with Crippen molar-refractivity contribution >= 4 is 49.8 Å². The molecule has 0 unspecified atom stereocenters. The van der Waals surface area contributed by atoms with Crippen LogP contribution in [-0.4, -0.2) is 15.0 Å². The first-order valence-electron chi connectivity index (χ1n) is 18.0. The van der Waals surface area contributed by atoms with E-state index < -0.39 is 0 Å². The molecule has 0 amide bonds. The summed E-state index contributed by atoms with van der Waals surface area (Å²) in [5.74, 6) is 1.72. The predicted molar refractivity (Wildman–Crippen MR) is 221 cm³/mol. The average Bonchev–Trinajstić information content (AvgIpc) is 3.61. The molecule has 54 heavy (non-hydrogen) atoms. The molecule has 5 heteroatoms. The lowest BCUT2D eigenvalue weighted by Crippen LogP contribution is -2.10. The van der Waals surface area contributed by atoms with Crippen LogP contribution in [0.25, 0.3) is 78.0 Å². The number of hydrogen-bond acceptors (Lipinski definition) is 5. The fourth-order valence-electron chi connectivity index (χ4n) is 7.25. The van der Waals surface area contributed by atoms with Crippen LogP contribution in [0.15, 0.2) is 199 Å². The van der Waals surface area contributed by atoms with Gasteiger partial charge in [0, 0.05) is 39.0 Å². The van der Waals surface area contributed by atoms with Crippen molar-refractivity contribution in [2.45, 2.75) is 0 Å². The van der Waals surface area contributed by atoms with Crippen LogP contribution in [0.5, 0.6) is 0 Å². The fraction of sp³-hybridized carbons (Fsp3) is 0. The normalized spacial score (nSPS) is 11.3. The van der Waals surface area contributed by atoms with E-state index in [4.69, 9.17) is 19.4 Å². The van der Waals surface area contributed by atoms with Gasteiger partial charge in [-0.05, 0) is 70.4 Å². The molecule has 254 valence electrons. The highest BCUT2D eigenvalue weighted by molar-refractivity contribution is 6.14. The van der Waals surface area contributed by atoms with Crippen LogP contribution in [0.2, 0.25) is 0 Å². The standard InChI is InChI=1S/C49H32N4O/c1-5-16-33(17-6-1)36-24-15-27-40(28-36)53(39-25-11-4-12-26-39)41-31-43-42-29-37-22-13-14-23-38(37)30-45(42)54-46(43)44(32-41)49-51-47(34-18-7-2-8-19-34)50-48(52-49)35-20-9-3-10-21-35/h1-32H. The second-order valence-corrected chi connectivity index (χ2v) is 13.3. The van der Waals surface area contributed by atoms with Gasteiger partial charge >= 0.3 is 0 Å². The zero-order chi connectivity index (χ0) is 35.8. The maximum absolute atomic E-state index is 6.84. The smallest absolute Gasteiger partial charge is 0.167 e. The van der Waals surface area contributed by atoms with Gasteiger partial charge in [0.2, 0.25) is 0 Å². The summed E-state index contributed by atoms with van der Waals surface area (Å²) in [6, 6.07) is 67.0. The number of hydrogen-bond donors (Lipinski definition) is 0. The summed E-state index contributed by atoms with van der Waals surface area (Å²) in [5.41, 5.74) is 9.41. The van der Waals surface area contributed by atoms with Crippen LogP contribution in [0.1, 0.15) is 0 Å². The topological polar surface area (TPSA) is 55.1 Å². The molecule has 0 atom stereocenters. The SMILES string of the molecule is c1ccc(-c2cccc(N(c3ccccc3)c3cc(-c4nc(-c5ccccc5)nc(-c5ccccc5)n4)c4oc5cc6ccccc6cc5c4c3)c2)cc1. The second kappa shape index (κ2) is 13.3. The van der Waals surface area contributed by atoms with Gasteiger partial charge in [-0.1, -0.05) is 146 Å². The lowest BCUT2D eigenvalue weighted by Gasteiger charge is -2.26. The lowest BCUT2D eigenvalue weighted by atomic mass is 10.0. The molecule has 2 aromatic heterocycles. The van der Waals surface area contributed by atoms with Crippen LogP contribution in [-0.2, 0) is 0 Å². The van der Waals surface area contributed by atoms with Crippen molar-refractivity contribution in [3.63, 3.8) is 0 Å². The quantitative estimate of drug-likeness (QED) is 0.166. The monoisotopic (exact) mass is 692 g/mol.